The molecule has 2 saturated heterocycles. The van der Waals surface area contributed by atoms with Crippen molar-refractivity contribution in [3.8, 4) is 0 Å². The maximum atomic E-state index is 5.97. The molecule has 0 bridgehead atoms. The number of rotatable bonds is 0. The van der Waals surface area contributed by atoms with Crippen LogP contribution in [0.2, 0.25) is 0 Å². The summed E-state index contributed by atoms with van der Waals surface area (Å²) in [6.45, 7) is 11.4. The van der Waals surface area contributed by atoms with Crippen LogP contribution < -0.4 is 0 Å². The van der Waals surface area contributed by atoms with Crippen molar-refractivity contribution in [1.29, 1.82) is 0 Å². The zero-order valence-corrected chi connectivity index (χ0v) is 10.2. The first-order valence-corrected chi connectivity index (χ1v) is 5.99. The van der Waals surface area contributed by atoms with Crippen molar-refractivity contribution in [2.75, 3.05) is 32.9 Å². The van der Waals surface area contributed by atoms with Crippen LogP contribution in [0, 0.1) is 0 Å². The number of morpholine rings is 1. The lowest BCUT2D eigenvalue weighted by atomic mass is 9.92. The fourth-order valence-corrected chi connectivity index (χ4v) is 2.48. The van der Waals surface area contributed by atoms with E-state index in [0.717, 1.165) is 45.8 Å². The van der Waals surface area contributed by atoms with Gasteiger partial charge < -0.3 is 9.47 Å². The molecule has 2 heterocycles. The average molecular weight is 213 g/mol. The van der Waals surface area contributed by atoms with Crippen LogP contribution in [-0.4, -0.2) is 49.0 Å². The topological polar surface area (TPSA) is 21.7 Å². The minimum absolute atomic E-state index is 0.0101. The summed E-state index contributed by atoms with van der Waals surface area (Å²) >= 11 is 0. The van der Waals surface area contributed by atoms with Gasteiger partial charge >= 0.3 is 0 Å². The lowest BCUT2D eigenvalue weighted by Gasteiger charge is -2.49. The Morgan fingerprint density at radius 1 is 1.20 bits per heavy atom. The fraction of sp³-hybridized carbons (Fsp3) is 1.00. The molecule has 2 fully saturated rings. The highest BCUT2D eigenvalue weighted by Gasteiger charge is 2.41. The standard InChI is InChI=1S/C12H23NO2/c1-11(2,3)13-6-8-15-12(9-13)5-4-7-14-10-12/h4-10H2,1-3H3. The molecule has 0 amide bonds. The van der Waals surface area contributed by atoms with E-state index >= 15 is 0 Å². The van der Waals surface area contributed by atoms with Crippen molar-refractivity contribution < 1.29 is 9.47 Å². The Morgan fingerprint density at radius 2 is 2.00 bits per heavy atom. The molecular weight excluding hydrogens is 190 g/mol. The maximum absolute atomic E-state index is 5.97. The Labute approximate surface area is 92.7 Å². The molecule has 0 aromatic rings. The Kier molecular flexibility index (Phi) is 3.06. The van der Waals surface area contributed by atoms with Gasteiger partial charge in [-0.25, -0.2) is 0 Å². The first-order valence-electron chi connectivity index (χ1n) is 5.99. The van der Waals surface area contributed by atoms with E-state index in [1.54, 1.807) is 0 Å². The van der Waals surface area contributed by atoms with E-state index in [4.69, 9.17) is 9.47 Å². The first-order chi connectivity index (χ1) is 7.02. The van der Waals surface area contributed by atoms with E-state index in [-0.39, 0.29) is 11.1 Å². The lowest BCUT2D eigenvalue weighted by molar-refractivity contribution is -0.179. The van der Waals surface area contributed by atoms with Gasteiger partial charge in [-0.2, -0.15) is 0 Å². The molecule has 15 heavy (non-hydrogen) atoms. The van der Waals surface area contributed by atoms with Crippen LogP contribution in [-0.2, 0) is 9.47 Å². The van der Waals surface area contributed by atoms with Gasteiger partial charge in [0.15, 0.2) is 0 Å². The summed E-state index contributed by atoms with van der Waals surface area (Å²) in [5.74, 6) is 0. The van der Waals surface area contributed by atoms with Crippen molar-refractivity contribution >= 4 is 0 Å². The smallest absolute Gasteiger partial charge is 0.104 e. The molecule has 3 nitrogen and oxygen atoms in total. The second kappa shape index (κ2) is 4.04. The van der Waals surface area contributed by atoms with Crippen LogP contribution >= 0.6 is 0 Å². The molecule has 0 N–H and O–H groups in total. The summed E-state index contributed by atoms with van der Waals surface area (Å²) < 4.78 is 11.5. The molecule has 1 atom stereocenters. The van der Waals surface area contributed by atoms with E-state index in [0.29, 0.717) is 0 Å². The molecule has 2 rings (SSSR count). The van der Waals surface area contributed by atoms with Crippen LogP contribution in [0.15, 0.2) is 0 Å². The summed E-state index contributed by atoms with van der Waals surface area (Å²) in [5.41, 5.74) is 0.234. The van der Waals surface area contributed by atoms with Gasteiger partial charge in [-0.1, -0.05) is 0 Å². The van der Waals surface area contributed by atoms with Crippen LogP contribution in [0.25, 0.3) is 0 Å². The fourth-order valence-electron chi connectivity index (χ4n) is 2.48. The van der Waals surface area contributed by atoms with Gasteiger partial charge in [-0.05, 0) is 33.6 Å². The highest BCUT2D eigenvalue weighted by atomic mass is 16.5. The third-order valence-electron chi connectivity index (χ3n) is 3.48. The van der Waals surface area contributed by atoms with Crippen molar-refractivity contribution in [3.63, 3.8) is 0 Å². The van der Waals surface area contributed by atoms with Gasteiger partial charge in [-0.3, -0.25) is 4.90 Å². The van der Waals surface area contributed by atoms with Crippen LogP contribution in [0.5, 0.6) is 0 Å². The van der Waals surface area contributed by atoms with Crippen molar-refractivity contribution in [2.45, 2.75) is 44.8 Å². The van der Waals surface area contributed by atoms with Crippen molar-refractivity contribution in [1.82, 2.24) is 4.90 Å². The normalized spacial score (nSPS) is 34.6. The van der Waals surface area contributed by atoms with Gasteiger partial charge in [0.1, 0.15) is 5.60 Å². The van der Waals surface area contributed by atoms with E-state index in [1.807, 2.05) is 0 Å². The molecule has 2 aliphatic rings. The molecule has 0 aromatic carbocycles. The SMILES string of the molecule is CC(C)(C)N1CCOC2(CCCOC2)C1. The number of nitrogens with zero attached hydrogens (tertiary/aromatic N) is 1. The molecular formula is C12H23NO2. The van der Waals surface area contributed by atoms with Gasteiger partial charge in [0.05, 0.1) is 13.2 Å². The predicted octanol–water partition coefficient (Wildman–Crippen LogP) is 1.67. The maximum Gasteiger partial charge on any atom is 0.104 e. The lowest BCUT2D eigenvalue weighted by Crippen LogP contribution is -2.60. The number of ether oxygens (including phenoxy) is 2. The number of hydrogen-bond acceptors (Lipinski definition) is 3. The van der Waals surface area contributed by atoms with Crippen molar-refractivity contribution in [3.05, 3.63) is 0 Å². The second-order valence-electron chi connectivity index (χ2n) is 5.78. The molecule has 0 aliphatic carbocycles. The molecule has 3 heteroatoms. The molecule has 0 saturated carbocycles. The minimum Gasteiger partial charge on any atom is -0.378 e. The van der Waals surface area contributed by atoms with Gasteiger partial charge in [0, 0.05) is 25.2 Å². The van der Waals surface area contributed by atoms with E-state index in [9.17, 15) is 0 Å². The van der Waals surface area contributed by atoms with Crippen molar-refractivity contribution in [2.24, 2.45) is 0 Å². The largest absolute Gasteiger partial charge is 0.378 e. The van der Waals surface area contributed by atoms with E-state index < -0.39 is 0 Å². The molecule has 88 valence electrons. The highest BCUT2D eigenvalue weighted by molar-refractivity contribution is 4.93. The van der Waals surface area contributed by atoms with Crippen LogP contribution in [0.1, 0.15) is 33.6 Å². The molecule has 0 aromatic heterocycles. The second-order valence-corrected chi connectivity index (χ2v) is 5.78. The highest BCUT2D eigenvalue weighted by Crippen LogP contribution is 2.30. The summed E-state index contributed by atoms with van der Waals surface area (Å²) in [7, 11) is 0. The predicted molar refractivity (Wildman–Crippen MR) is 60.1 cm³/mol. The van der Waals surface area contributed by atoms with E-state index in [2.05, 4.69) is 25.7 Å². The van der Waals surface area contributed by atoms with Crippen LogP contribution in [0.4, 0.5) is 0 Å². The Balaban J connectivity index is 2.02. The quantitative estimate of drug-likeness (QED) is 0.611. The zero-order valence-electron chi connectivity index (χ0n) is 10.2. The first kappa shape index (κ1) is 11.4. The summed E-state index contributed by atoms with van der Waals surface area (Å²) in [5, 5.41) is 0. The van der Waals surface area contributed by atoms with Gasteiger partial charge in [0.25, 0.3) is 0 Å². The third kappa shape index (κ3) is 2.52. The number of hydrogen-bond donors (Lipinski definition) is 0. The van der Waals surface area contributed by atoms with E-state index in [1.165, 1.54) is 0 Å². The Hall–Kier alpha value is -0.120. The summed E-state index contributed by atoms with van der Waals surface area (Å²) in [6.07, 6.45) is 2.29. The van der Waals surface area contributed by atoms with Gasteiger partial charge in [-0.15, -0.1) is 0 Å². The summed E-state index contributed by atoms with van der Waals surface area (Å²) in [6, 6.07) is 0. The summed E-state index contributed by atoms with van der Waals surface area (Å²) in [4.78, 5) is 2.52. The van der Waals surface area contributed by atoms with Gasteiger partial charge in [0.2, 0.25) is 0 Å². The minimum atomic E-state index is -0.0101. The Morgan fingerprint density at radius 3 is 2.60 bits per heavy atom. The Bertz CT molecular complexity index is 211. The molecule has 1 spiro atoms. The molecule has 2 aliphatic heterocycles. The zero-order chi connectivity index (χ0) is 10.9. The average Bonchev–Trinajstić information content (AvgIpc) is 2.18. The monoisotopic (exact) mass is 213 g/mol. The third-order valence-corrected chi connectivity index (χ3v) is 3.48. The molecule has 1 unspecified atom stereocenters. The molecule has 0 radical (unpaired) electrons. The van der Waals surface area contributed by atoms with Crippen LogP contribution in [0.3, 0.4) is 0 Å².